The molecule has 1 saturated heterocycles. The van der Waals surface area contributed by atoms with Gasteiger partial charge >= 0.3 is 0 Å². The van der Waals surface area contributed by atoms with E-state index in [1.807, 2.05) is 38.1 Å². The lowest BCUT2D eigenvalue weighted by molar-refractivity contribution is 0.0658. The monoisotopic (exact) mass is 386 g/mol. The summed E-state index contributed by atoms with van der Waals surface area (Å²) in [7, 11) is 0. The number of amides is 1. The smallest absolute Gasteiger partial charge is 0.273 e. The molecule has 1 unspecified atom stereocenters. The minimum absolute atomic E-state index is 0.227. The summed E-state index contributed by atoms with van der Waals surface area (Å²) in [5.74, 6) is 0.331. The number of benzene rings is 1. The fraction of sp³-hybridized carbons (Fsp3) is 0.524. The number of rotatable bonds is 8. The molecule has 0 spiro atoms. The molecule has 1 aliphatic heterocycles. The summed E-state index contributed by atoms with van der Waals surface area (Å²) in [6, 6.07) is 8.04. The van der Waals surface area contributed by atoms with E-state index in [0.29, 0.717) is 24.7 Å². The second kappa shape index (κ2) is 9.82. The van der Waals surface area contributed by atoms with Gasteiger partial charge in [-0.2, -0.15) is 0 Å². The van der Waals surface area contributed by atoms with E-state index >= 15 is 0 Å². The Balaban J connectivity index is 1.44. The molecule has 0 saturated carbocycles. The van der Waals surface area contributed by atoms with Gasteiger partial charge in [-0.3, -0.25) is 14.6 Å². The lowest BCUT2D eigenvalue weighted by atomic mass is 10.1. The van der Waals surface area contributed by atoms with Gasteiger partial charge < -0.3 is 14.8 Å². The SMILES string of the molecule is CCC(O)CN1CCN(Cc2nc(C(=O)NCc3cccc(C)c3)co2)CC1. The number of aliphatic hydroxyl groups is 1. The molecule has 3 rings (SSSR count). The number of hydrogen-bond donors (Lipinski definition) is 2. The molecule has 1 fully saturated rings. The topological polar surface area (TPSA) is 81.8 Å². The van der Waals surface area contributed by atoms with E-state index in [0.717, 1.165) is 44.7 Å². The molecule has 7 nitrogen and oxygen atoms in total. The largest absolute Gasteiger partial charge is 0.447 e. The first-order valence-corrected chi connectivity index (χ1v) is 9.94. The van der Waals surface area contributed by atoms with Crippen LogP contribution in [0.5, 0.6) is 0 Å². The highest BCUT2D eigenvalue weighted by Crippen LogP contribution is 2.10. The summed E-state index contributed by atoms with van der Waals surface area (Å²) in [6.45, 7) is 9.45. The molecule has 7 heteroatoms. The van der Waals surface area contributed by atoms with Crippen LogP contribution >= 0.6 is 0 Å². The summed E-state index contributed by atoms with van der Waals surface area (Å²) in [5.41, 5.74) is 2.54. The summed E-state index contributed by atoms with van der Waals surface area (Å²) in [4.78, 5) is 21.2. The molecule has 1 aromatic heterocycles. The average Bonchev–Trinajstić information content (AvgIpc) is 3.16. The number of aliphatic hydroxyl groups excluding tert-OH is 1. The molecule has 1 atom stereocenters. The Morgan fingerprint density at radius 1 is 1.29 bits per heavy atom. The molecular weight excluding hydrogens is 356 g/mol. The third-order valence-electron chi connectivity index (χ3n) is 5.08. The second-order valence-electron chi connectivity index (χ2n) is 7.44. The van der Waals surface area contributed by atoms with E-state index in [-0.39, 0.29) is 12.0 Å². The van der Waals surface area contributed by atoms with Crippen LogP contribution in [0.1, 0.15) is 40.9 Å². The van der Waals surface area contributed by atoms with Crippen LogP contribution in [-0.4, -0.2) is 64.6 Å². The van der Waals surface area contributed by atoms with E-state index in [2.05, 4.69) is 20.1 Å². The van der Waals surface area contributed by atoms with Crippen LogP contribution < -0.4 is 5.32 Å². The zero-order valence-corrected chi connectivity index (χ0v) is 16.7. The highest BCUT2D eigenvalue weighted by Gasteiger charge is 2.21. The van der Waals surface area contributed by atoms with Crippen LogP contribution in [0.25, 0.3) is 0 Å². The van der Waals surface area contributed by atoms with Gasteiger partial charge in [-0.15, -0.1) is 0 Å². The summed E-state index contributed by atoms with van der Waals surface area (Å²) in [6.07, 6.45) is 1.96. The number of aromatic nitrogens is 1. The van der Waals surface area contributed by atoms with Gasteiger partial charge in [-0.1, -0.05) is 36.8 Å². The third kappa shape index (κ3) is 5.89. The van der Waals surface area contributed by atoms with Crippen LogP contribution in [0.4, 0.5) is 0 Å². The Hall–Kier alpha value is -2.22. The zero-order valence-electron chi connectivity index (χ0n) is 16.7. The van der Waals surface area contributed by atoms with Crippen molar-refractivity contribution in [2.45, 2.75) is 39.5 Å². The molecule has 0 bridgehead atoms. The fourth-order valence-electron chi connectivity index (χ4n) is 3.33. The van der Waals surface area contributed by atoms with Gasteiger partial charge in [-0.25, -0.2) is 4.98 Å². The molecule has 1 amide bonds. The van der Waals surface area contributed by atoms with E-state index in [9.17, 15) is 9.90 Å². The number of hydrogen-bond acceptors (Lipinski definition) is 6. The van der Waals surface area contributed by atoms with Crippen molar-refractivity contribution in [1.82, 2.24) is 20.1 Å². The van der Waals surface area contributed by atoms with Gasteiger partial charge in [0.15, 0.2) is 5.69 Å². The van der Waals surface area contributed by atoms with Gasteiger partial charge in [0.1, 0.15) is 6.26 Å². The summed E-state index contributed by atoms with van der Waals surface area (Å²) in [5, 5.41) is 12.7. The number of oxazole rings is 1. The highest BCUT2D eigenvalue weighted by atomic mass is 16.3. The predicted octanol–water partition coefficient (Wildman–Crippen LogP) is 1.80. The van der Waals surface area contributed by atoms with Crippen molar-refractivity contribution in [3.63, 3.8) is 0 Å². The van der Waals surface area contributed by atoms with Crippen molar-refractivity contribution in [2.75, 3.05) is 32.7 Å². The summed E-state index contributed by atoms with van der Waals surface area (Å²) >= 11 is 0. The van der Waals surface area contributed by atoms with E-state index in [1.165, 1.54) is 11.8 Å². The number of carbonyl (C=O) groups excluding carboxylic acids is 1. The highest BCUT2D eigenvalue weighted by molar-refractivity contribution is 5.91. The van der Waals surface area contributed by atoms with Crippen LogP contribution in [0.2, 0.25) is 0 Å². The molecule has 2 N–H and O–H groups in total. The quantitative estimate of drug-likeness (QED) is 0.720. The maximum Gasteiger partial charge on any atom is 0.273 e. The molecule has 1 aliphatic rings. The van der Waals surface area contributed by atoms with Crippen molar-refractivity contribution in [1.29, 1.82) is 0 Å². The number of nitrogens with one attached hydrogen (secondary N) is 1. The normalized spacial score (nSPS) is 16.8. The van der Waals surface area contributed by atoms with Crippen molar-refractivity contribution in [3.8, 4) is 0 Å². The van der Waals surface area contributed by atoms with Crippen molar-refractivity contribution < 1.29 is 14.3 Å². The Morgan fingerprint density at radius 3 is 2.75 bits per heavy atom. The fourth-order valence-corrected chi connectivity index (χ4v) is 3.33. The first-order valence-electron chi connectivity index (χ1n) is 9.94. The molecule has 1 aromatic carbocycles. The number of aryl methyl sites for hydroxylation is 1. The molecule has 0 aliphatic carbocycles. The van der Waals surface area contributed by atoms with Crippen LogP contribution in [-0.2, 0) is 13.1 Å². The van der Waals surface area contributed by atoms with Gasteiger partial charge in [0, 0.05) is 39.3 Å². The molecule has 2 heterocycles. The lowest BCUT2D eigenvalue weighted by Gasteiger charge is -2.34. The summed E-state index contributed by atoms with van der Waals surface area (Å²) < 4.78 is 5.50. The van der Waals surface area contributed by atoms with E-state index in [4.69, 9.17) is 4.42 Å². The van der Waals surface area contributed by atoms with Crippen LogP contribution in [0.3, 0.4) is 0 Å². The maximum absolute atomic E-state index is 12.3. The predicted molar refractivity (Wildman–Crippen MR) is 107 cm³/mol. The standard InChI is InChI=1S/C21H30N4O3/c1-3-18(26)13-24-7-9-25(10-8-24)14-20-23-19(15-28-20)21(27)22-12-17-6-4-5-16(2)11-17/h4-6,11,15,18,26H,3,7-10,12-14H2,1-2H3,(H,22,27). The Bertz CT molecular complexity index is 769. The number of nitrogens with zero attached hydrogens (tertiary/aromatic N) is 3. The Morgan fingerprint density at radius 2 is 2.04 bits per heavy atom. The van der Waals surface area contributed by atoms with Gasteiger partial charge in [0.2, 0.25) is 5.89 Å². The minimum Gasteiger partial charge on any atom is -0.447 e. The van der Waals surface area contributed by atoms with Crippen molar-refractivity contribution in [3.05, 3.63) is 53.2 Å². The Kier molecular flexibility index (Phi) is 7.19. The van der Waals surface area contributed by atoms with E-state index in [1.54, 1.807) is 0 Å². The molecule has 28 heavy (non-hydrogen) atoms. The molecule has 2 aromatic rings. The molecule has 0 radical (unpaired) electrons. The number of β-amino-alcohol motifs (C(OH)–C–C–N with tert-alkyl or cyclic N) is 1. The van der Waals surface area contributed by atoms with Crippen molar-refractivity contribution in [2.24, 2.45) is 0 Å². The van der Waals surface area contributed by atoms with Gasteiger partial charge in [0.25, 0.3) is 5.91 Å². The second-order valence-corrected chi connectivity index (χ2v) is 7.44. The van der Waals surface area contributed by atoms with Crippen molar-refractivity contribution >= 4 is 5.91 Å². The minimum atomic E-state index is -0.251. The van der Waals surface area contributed by atoms with Gasteiger partial charge in [0.05, 0.1) is 12.6 Å². The molecular formula is C21H30N4O3. The maximum atomic E-state index is 12.3. The number of carbonyl (C=O) groups is 1. The van der Waals surface area contributed by atoms with Crippen LogP contribution in [0.15, 0.2) is 34.9 Å². The Labute approximate surface area is 166 Å². The average molecular weight is 386 g/mol. The zero-order chi connectivity index (χ0) is 19.9. The first-order chi connectivity index (χ1) is 13.5. The van der Waals surface area contributed by atoms with E-state index < -0.39 is 0 Å². The van der Waals surface area contributed by atoms with Gasteiger partial charge in [-0.05, 0) is 18.9 Å². The first kappa shape index (κ1) is 20.5. The molecule has 152 valence electrons. The number of piperazine rings is 1. The lowest BCUT2D eigenvalue weighted by Crippen LogP contribution is -2.48. The van der Waals surface area contributed by atoms with Crippen LogP contribution in [0, 0.1) is 6.92 Å². The third-order valence-corrected chi connectivity index (χ3v) is 5.08.